The fraction of sp³-hybridized carbons (Fsp3) is 0.316. The van der Waals surface area contributed by atoms with Gasteiger partial charge >= 0.3 is 0 Å². The molecule has 0 bridgehead atoms. The van der Waals surface area contributed by atoms with Crippen molar-refractivity contribution in [3.8, 4) is 0 Å². The number of thiazole rings is 1. The van der Waals surface area contributed by atoms with Crippen LogP contribution in [0.25, 0.3) is 0 Å². The number of nitrogens with one attached hydrogen (secondary N) is 2. The van der Waals surface area contributed by atoms with Crippen molar-refractivity contribution in [3.63, 3.8) is 0 Å². The molecule has 4 rings (SSSR count). The van der Waals surface area contributed by atoms with Gasteiger partial charge in [-0.3, -0.25) is 14.8 Å². The summed E-state index contributed by atoms with van der Waals surface area (Å²) in [5.74, 6) is -0.0386. The lowest BCUT2D eigenvalue weighted by Gasteiger charge is -2.36. The van der Waals surface area contributed by atoms with Crippen LogP contribution in [-0.2, 0) is 16.8 Å². The molecule has 3 aromatic rings. The van der Waals surface area contributed by atoms with Crippen LogP contribution >= 0.6 is 11.3 Å². The van der Waals surface area contributed by atoms with Gasteiger partial charge in [0.05, 0.1) is 0 Å². The van der Waals surface area contributed by atoms with Gasteiger partial charge in [0.2, 0.25) is 0 Å². The van der Waals surface area contributed by atoms with Crippen LogP contribution in [0.5, 0.6) is 0 Å². The molecule has 0 radical (unpaired) electrons. The summed E-state index contributed by atoms with van der Waals surface area (Å²) < 4.78 is 1.79. The maximum atomic E-state index is 13.1. The number of nitrogens with zero attached hydrogens (tertiary/aromatic N) is 3. The number of carbonyl (C=O) groups excluding carboxylic acids is 1. The van der Waals surface area contributed by atoms with Gasteiger partial charge in [-0.15, -0.1) is 11.3 Å². The molecule has 1 saturated heterocycles. The molecule has 26 heavy (non-hydrogen) atoms. The van der Waals surface area contributed by atoms with Crippen molar-refractivity contribution in [2.75, 3.05) is 18.4 Å². The molecule has 1 aliphatic heterocycles. The number of aromatic nitrogens is 3. The molecule has 1 amide bonds. The van der Waals surface area contributed by atoms with Gasteiger partial charge in [0.25, 0.3) is 5.91 Å². The molecule has 1 aromatic carbocycles. The second kappa shape index (κ2) is 7.39. The summed E-state index contributed by atoms with van der Waals surface area (Å²) >= 11 is 1.53. The van der Waals surface area contributed by atoms with Crippen LogP contribution in [0.4, 0.5) is 5.13 Å². The van der Waals surface area contributed by atoms with Crippen LogP contribution in [0.2, 0.25) is 0 Å². The van der Waals surface area contributed by atoms with Crippen molar-refractivity contribution in [3.05, 3.63) is 65.4 Å². The van der Waals surface area contributed by atoms with Crippen LogP contribution in [0.1, 0.15) is 23.3 Å². The third-order valence-electron chi connectivity index (χ3n) is 4.79. The quantitative estimate of drug-likeness (QED) is 0.727. The zero-order valence-corrected chi connectivity index (χ0v) is 15.2. The van der Waals surface area contributed by atoms with E-state index in [1.807, 2.05) is 36.7 Å². The molecule has 7 heteroatoms. The normalized spacial score (nSPS) is 16.3. The Hall–Kier alpha value is -2.51. The Kier molecular flexibility index (Phi) is 4.81. The first-order chi connectivity index (χ1) is 12.8. The molecular weight excluding hydrogens is 346 g/mol. The van der Waals surface area contributed by atoms with E-state index in [2.05, 4.69) is 32.8 Å². The SMILES string of the molecule is O=C(Nc1ncc(Cc2ccccc2)s1)C1(n2cccn2)CCNCC1. The van der Waals surface area contributed by atoms with E-state index in [-0.39, 0.29) is 5.91 Å². The molecule has 1 fully saturated rings. The number of amides is 1. The minimum Gasteiger partial charge on any atom is -0.317 e. The maximum Gasteiger partial charge on any atom is 0.254 e. The van der Waals surface area contributed by atoms with E-state index in [4.69, 9.17) is 0 Å². The average Bonchev–Trinajstić information content (AvgIpc) is 3.36. The van der Waals surface area contributed by atoms with Crippen molar-refractivity contribution in [1.82, 2.24) is 20.1 Å². The Morgan fingerprint density at radius 2 is 2.04 bits per heavy atom. The minimum atomic E-state index is -0.653. The fourth-order valence-corrected chi connectivity index (χ4v) is 4.22. The van der Waals surface area contributed by atoms with Crippen LogP contribution in [-0.4, -0.2) is 33.8 Å². The first kappa shape index (κ1) is 16.9. The first-order valence-corrected chi connectivity index (χ1v) is 9.59. The lowest BCUT2D eigenvalue weighted by Crippen LogP contribution is -2.52. The third-order valence-corrected chi connectivity index (χ3v) is 5.70. The number of hydrogen-bond acceptors (Lipinski definition) is 5. The lowest BCUT2D eigenvalue weighted by atomic mass is 9.87. The van der Waals surface area contributed by atoms with Gasteiger partial charge in [0.1, 0.15) is 5.54 Å². The molecule has 0 aliphatic carbocycles. The van der Waals surface area contributed by atoms with Crippen LogP contribution in [0, 0.1) is 0 Å². The highest BCUT2D eigenvalue weighted by Gasteiger charge is 2.42. The molecule has 1 aliphatic rings. The lowest BCUT2D eigenvalue weighted by molar-refractivity contribution is -0.126. The van der Waals surface area contributed by atoms with E-state index in [1.54, 1.807) is 10.9 Å². The fourth-order valence-electron chi connectivity index (χ4n) is 3.38. The van der Waals surface area contributed by atoms with E-state index in [9.17, 15) is 4.79 Å². The van der Waals surface area contributed by atoms with E-state index < -0.39 is 5.54 Å². The monoisotopic (exact) mass is 367 g/mol. The Labute approximate surface area is 156 Å². The summed E-state index contributed by atoms with van der Waals surface area (Å²) in [6, 6.07) is 12.1. The summed E-state index contributed by atoms with van der Waals surface area (Å²) in [6.07, 6.45) is 7.68. The van der Waals surface area contributed by atoms with Gasteiger partial charge in [0.15, 0.2) is 5.13 Å². The van der Waals surface area contributed by atoms with Crippen LogP contribution < -0.4 is 10.6 Å². The molecule has 2 aromatic heterocycles. The third kappa shape index (κ3) is 3.40. The number of anilines is 1. The van der Waals surface area contributed by atoms with Crippen molar-refractivity contribution in [2.45, 2.75) is 24.8 Å². The van der Waals surface area contributed by atoms with E-state index in [0.29, 0.717) is 18.0 Å². The highest BCUT2D eigenvalue weighted by atomic mass is 32.1. The standard InChI is InChI=1S/C19H21N5OS/c25-17(19(7-10-20-11-8-19)24-12-4-9-22-24)23-18-21-14-16(26-18)13-15-5-2-1-3-6-15/h1-6,9,12,14,20H,7-8,10-11,13H2,(H,21,23,25). The summed E-state index contributed by atoms with van der Waals surface area (Å²) in [7, 11) is 0. The van der Waals surface area contributed by atoms with E-state index >= 15 is 0 Å². The van der Waals surface area contributed by atoms with Crippen molar-refractivity contribution in [1.29, 1.82) is 0 Å². The zero-order chi connectivity index (χ0) is 17.8. The van der Waals surface area contributed by atoms with Gasteiger partial charge in [-0.05, 0) is 37.6 Å². The molecule has 3 heterocycles. The topological polar surface area (TPSA) is 71.8 Å². The second-order valence-corrected chi connectivity index (χ2v) is 7.60. The van der Waals surface area contributed by atoms with Gasteiger partial charge in [-0.1, -0.05) is 30.3 Å². The summed E-state index contributed by atoms with van der Waals surface area (Å²) in [5.41, 5.74) is 0.584. The summed E-state index contributed by atoms with van der Waals surface area (Å²) in [6.45, 7) is 1.59. The van der Waals surface area contributed by atoms with E-state index in [0.717, 1.165) is 24.4 Å². The molecule has 0 unspecified atom stereocenters. The average molecular weight is 367 g/mol. The number of hydrogen-bond donors (Lipinski definition) is 2. The maximum absolute atomic E-state index is 13.1. The largest absolute Gasteiger partial charge is 0.317 e. The highest BCUT2D eigenvalue weighted by molar-refractivity contribution is 7.15. The van der Waals surface area contributed by atoms with Gasteiger partial charge in [-0.25, -0.2) is 4.98 Å². The van der Waals surface area contributed by atoms with Gasteiger partial charge < -0.3 is 5.32 Å². The van der Waals surface area contributed by atoms with Crippen LogP contribution in [0.3, 0.4) is 0 Å². The predicted octanol–water partition coefficient (Wildman–Crippen LogP) is 2.65. The molecule has 0 spiro atoms. The summed E-state index contributed by atoms with van der Waals surface area (Å²) in [5, 5.41) is 11.3. The predicted molar refractivity (Wildman–Crippen MR) is 102 cm³/mol. The molecule has 134 valence electrons. The molecule has 6 nitrogen and oxygen atoms in total. The molecular formula is C19H21N5OS. The molecule has 0 atom stereocenters. The highest BCUT2D eigenvalue weighted by Crippen LogP contribution is 2.30. The van der Waals surface area contributed by atoms with E-state index in [1.165, 1.54) is 16.9 Å². The van der Waals surface area contributed by atoms with Gasteiger partial charge in [-0.2, -0.15) is 5.10 Å². The summed E-state index contributed by atoms with van der Waals surface area (Å²) in [4.78, 5) is 18.7. The molecule has 0 saturated carbocycles. The second-order valence-electron chi connectivity index (χ2n) is 6.48. The van der Waals surface area contributed by atoms with Crippen molar-refractivity contribution >= 4 is 22.4 Å². The van der Waals surface area contributed by atoms with Crippen molar-refractivity contribution < 1.29 is 4.79 Å². The Balaban J connectivity index is 1.50. The molecule has 2 N–H and O–H groups in total. The smallest absolute Gasteiger partial charge is 0.254 e. The number of piperidine rings is 1. The zero-order valence-electron chi connectivity index (χ0n) is 14.4. The van der Waals surface area contributed by atoms with Crippen LogP contribution in [0.15, 0.2) is 55.0 Å². The Bertz CT molecular complexity index is 853. The number of rotatable bonds is 5. The Morgan fingerprint density at radius 1 is 1.23 bits per heavy atom. The Morgan fingerprint density at radius 3 is 2.77 bits per heavy atom. The number of benzene rings is 1. The number of carbonyl (C=O) groups is 1. The first-order valence-electron chi connectivity index (χ1n) is 8.77. The van der Waals surface area contributed by atoms with Crippen molar-refractivity contribution in [2.24, 2.45) is 0 Å². The van der Waals surface area contributed by atoms with Gasteiger partial charge in [0, 0.05) is 29.9 Å². The minimum absolute atomic E-state index is 0.0386.